The van der Waals surface area contributed by atoms with Gasteiger partial charge < -0.3 is 5.32 Å². The maximum atomic E-state index is 4.86. The van der Waals surface area contributed by atoms with Crippen LogP contribution in [0.5, 0.6) is 0 Å². The topological polar surface area (TPSA) is 24.9 Å². The summed E-state index contributed by atoms with van der Waals surface area (Å²) in [6.45, 7) is 15.6. The Kier molecular flexibility index (Phi) is 5.35. The van der Waals surface area contributed by atoms with Gasteiger partial charge >= 0.3 is 0 Å². The van der Waals surface area contributed by atoms with Crippen LogP contribution in [0.1, 0.15) is 63.5 Å². The van der Waals surface area contributed by atoms with Gasteiger partial charge in [0.1, 0.15) is 5.01 Å². The van der Waals surface area contributed by atoms with Crippen molar-refractivity contribution in [3.05, 3.63) is 15.6 Å². The van der Waals surface area contributed by atoms with Gasteiger partial charge in [0.05, 0.1) is 11.2 Å². The molecule has 0 aliphatic heterocycles. The third-order valence-corrected chi connectivity index (χ3v) is 4.40. The van der Waals surface area contributed by atoms with Crippen molar-refractivity contribution >= 4 is 11.3 Å². The Bertz CT molecular complexity index is 370. The zero-order valence-corrected chi connectivity index (χ0v) is 13.7. The first-order valence-electron chi connectivity index (χ1n) is 7.03. The quantitative estimate of drug-likeness (QED) is 0.833. The van der Waals surface area contributed by atoms with Crippen molar-refractivity contribution in [2.45, 2.75) is 72.9 Å². The molecule has 0 radical (unpaired) electrons. The predicted molar refractivity (Wildman–Crippen MR) is 81.3 cm³/mol. The Morgan fingerprint density at radius 3 is 2.28 bits per heavy atom. The summed E-state index contributed by atoms with van der Waals surface area (Å²) in [6.07, 6.45) is 2.16. The van der Waals surface area contributed by atoms with Crippen molar-refractivity contribution in [3.8, 4) is 0 Å². The molecule has 1 aromatic heterocycles. The number of hydrogen-bond donors (Lipinski definition) is 1. The van der Waals surface area contributed by atoms with Crippen LogP contribution in [-0.4, -0.2) is 11.0 Å². The Morgan fingerprint density at radius 1 is 1.28 bits per heavy atom. The molecule has 1 rings (SSSR count). The molecule has 1 heterocycles. The molecule has 0 saturated carbocycles. The van der Waals surface area contributed by atoms with E-state index in [4.69, 9.17) is 4.98 Å². The molecule has 1 atom stereocenters. The van der Waals surface area contributed by atoms with E-state index in [1.807, 2.05) is 11.3 Å². The number of nitrogens with one attached hydrogen (secondary N) is 1. The number of aromatic nitrogens is 1. The second-order valence-corrected chi connectivity index (χ2v) is 7.31. The lowest BCUT2D eigenvalue weighted by Gasteiger charge is -2.32. The van der Waals surface area contributed by atoms with E-state index in [0.717, 1.165) is 12.8 Å². The predicted octanol–water partition coefficient (Wildman–Crippen LogP) is 4.27. The minimum absolute atomic E-state index is 0.00514. The minimum Gasteiger partial charge on any atom is -0.303 e. The fourth-order valence-corrected chi connectivity index (χ4v) is 3.77. The third-order valence-electron chi connectivity index (χ3n) is 3.12. The Labute approximate surface area is 116 Å². The Morgan fingerprint density at radius 2 is 1.89 bits per heavy atom. The molecule has 104 valence electrons. The van der Waals surface area contributed by atoms with Gasteiger partial charge in [0.2, 0.25) is 0 Å². The molecular weight excluding hydrogens is 240 g/mol. The van der Waals surface area contributed by atoms with Crippen LogP contribution in [0.2, 0.25) is 0 Å². The van der Waals surface area contributed by atoms with Crippen molar-refractivity contribution in [2.75, 3.05) is 0 Å². The first-order valence-corrected chi connectivity index (χ1v) is 7.84. The fourth-order valence-electron chi connectivity index (χ4n) is 2.65. The van der Waals surface area contributed by atoms with Crippen molar-refractivity contribution in [1.29, 1.82) is 0 Å². The lowest BCUT2D eigenvalue weighted by molar-refractivity contribution is 0.274. The second kappa shape index (κ2) is 6.16. The highest BCUT2D eigenvalue weighted by Crippen LogP contribution is 2.33. The number of thiazole rings is 1. The first kappa shape index (κ1) is 15.6. The van der Waals surface area contributed by atoms with Crippen LogP contribution in [-0.2, 0) is 12.0 Å². The summed E-state index contributed by atoms with van der Waals surface area (Å²) in [4.78, 5) is 6.23. The van der Waals surface area contributed by atoms with Gasteiger partial charge in [-0.25, -0.2) is 4.98 Å². The molecule has 0 aliphatic carbocycles. The van der Waals surface area contributed by atoms with E-state index < -0.39 is 0 Å². The zero-order chi connectivity index (χ0) is 13.9. The fraction of sp³-hybridized carbons (Fsp3) is 0.800. The molecule has 0 aromatic carbocycles. The van der Waals surface area contributed by atoms with E-state index in [0.29, 0.717) is 12.0 Å². The van der Waals surface area contributed by atoms with Crippen LogP contribution in [0.15, 0.2) is 0 Å². The standard InChI is InChI=1S/C15H28N2S/c1-8-13-12(6)18-14(16-13)15(7,9-10(2)3)17-11(4)5/h10-11,17H,8-9H2,1-7H3. The maximum absolute atomic E-state index is 4.86. The minimum atomic E-state index is 0.00514. The van der Waals surface area contributed by atoms with Gasteiger partial charge in [0.25, 0.3) is 0 Å². The lowest BCUT2D eigenvalue weighted by atomic mass is 9.90. The normalized spacial score (nSPS) is 15.4. The van der Waals surface area contributed by atoms with E-state index >= 15 is 0 Å². The van der Waals surface area contributed by atoms with Crippen molar-refractivity contribution in [1.82, 2.24) is 10.3 Å². The Balaban J connectivity index is 3.07. The second-order valence-electron chi connectivity index (χ2n) is 6.10. The zero-order valence-electron chi connectivity index (χ0n) is 12.9. The molecule has 1 unspecified atom stereocenters. The van der Waals surface area contributed by atoms with Gasteiger partial charge in [-0.1, -0.05) is 20.8 Å². The van der Waals surface area contributed by atoms with E-state index in [-0.39, 0.29) is 5.54 Å². The van der Waals surface area contributed by atoms with Gasteiger partial charge in [-0.05, 0) is 46.5 Å². The van der Waals surface area contributed by atoms with Crippen LogP contribution in [0.3, 0.4) is 0 Å². The van der Waals surface area contributed by atoms with Gasteiger partial charge in [-0.15, -0.1) is 11.3 Å². The van der Waals surface area contributed by atoms with Crippen molar-refractivity contribution < 1.29 is 0 Å². The molecular formula is C15H28N2S. The van der Waals surface area contributed by atoms with Crippen LogP contribution in [0.25, 0.3) is 0 Å². The van der Waals surface area contributed by atoms with Crippen LogP contribution >= 0.6 is 11.3 Å². The lowest BCUT2D eigenvalue weighted by Crippen LogP contribution is -2.44. The van der Waals surface area contributed by atoms with E-state index in [1.54, 1.807) is 0 Å². The molecule has 0 aliphatic rings. The summed E-state index contributed by atoms with van der Waals surface area (Å²) in [6, 6.07) is 0.475. The summed E-state index contributed by atoms with van der Waals surface area (Å²) in [5.41, 5.74) is 1.26. The molecule has 0 fully saturated rings. The van der Waals surface area contributed by atoms with Gasteiger partial charge in [-0.2, -0.15) is 0 Å². The highest BCUT2D eigenvalue weighted by molar-refractivity contribution is 7.11. The van der Waals surface area contributed by atoms with Crippen molar-refractivity contribution in [2.24, 2.45) is 5.92 Å². The van der Waals surface area contributed by atoms with Gasteiger partial charge in [0, 0.05) is 10.9 Å². The van der Waals surface area contributed by atoms with Gasteiger partial charge in [0.15, 0.2) is 0 Å². The van der Waals surface area contributed by atoms with Gasteiger partial charge in [-0.3, -0.25) is 0 Å². The molecule has 0 saturated heterocycles. The molecule has 0 amide bonds. The summed E-state index contributed by atoms with van der Waals surface area (Å²) in [7, 11) is 0. The highest BCUT2D eigenvalue weighted by atomic mass is 32.1. The molecule has 1 N–H and O–H groups in total. The van der Waals surface area contributed by atoms with E-state index in [2.05, 4.69) is 53.8 Å². The van der Waals surface area contributed by atoms with Crippen LogP contribution < -0.4 is 5.32 Å². The van der Waals surface area contributed by atoms with Crippen LogP contribution in [0, 0.1) is 12.8 Å². The molecule has 18 heavy (non-hydrogen) atoms. The summed E-state index contributed by atoms with van der Waals surface area (Å²) in [5, 5.41) is 4.97. The number of aryl methyl sites for hydroxylation is 2. The van der Waals surface area contributed by atoms with E-state index in [9.17, 15) is 0 Å². The van der Waals surface area contributed by atoms with Crippen molar-refractivity contribution in [3.63, 3.8) is 0 Å². The average Bonchev–Trinajstić information content (AvgIpc) is 2.57. The number of nitrogens with zero attached hydrogens (tertiary/aromatic N) is 1. The van der Waals surface area contributed by atoms with Crippen LogP contribution in [0.4, 0.5) is 0 Å². The third kappa shape index (κ3) is 3.79. The molecule has 3 heteroatoms. The monoisotopic (exact) mass is 268 g/mol. The SMILES string of the molecule is CCc1nc(C(C)(CC(C)C)NC(C)C)sc1C. The summed E-state index contributed by atoms with van der Waals surface area (Å²) < 4.78 is 0. The maximum Gasteiger partial charge on any atom is 0.113 e. The smallest absolute Gasteiger partial charge is 0.113 e. The molecule has 1 aromatic rings. The largest absolute Gasteiger partial charge is 0.303 e. The Hall–Kier alpha value is -0.410. The van der Waals surface area contributed by atoms with E-state index in [1.165, 1.54) is 15.6 Å². The number of hydrogen-bond acceptors (Lipinski definition) is 3. The number of rotatable bonds is 6. The first-order chi connectivity index (χ1) is 8.28. The summed E-state index contributed by atoms with van der Waals surface area (Å²) >= 11 is 1.86. The highest BCUT2D eigenvalue weighted by Gasteiger charge is 2.31. The molecule has 0 spiro atoms. The average molecular weight is 268 g/mol. The molecule has 2 nitrogen and oxygen atoms in total. The summed E-state index contributed by atoms with van der Waals surface area (Å²) in [5.74, 6) is 0.663. The molecule has 0 bridgehead atoms.